The van der Waals surface area contributed by atoms with E-state index in [1.165, 1.54) is 27.1 Å². The molecule has 1 atom stereocenters. The van der Waals surface area contributed by atoms with Crippen LogP contribution in [0.5, 0.6) is 0 Å². The molecule has 0 spiro atoms. The van der Waals surface area contributed by atoms with Gasteiger partial charge < -0.3 is 9.88 Å². The van der Waals surface area contributed by atoms with Crippen LogP contribution < -0.4 is 5.32 Å². The van der Waals surface area contributed by atoms with Crippen molar-refractivity contribution in [2.75, 3.05) is 11.1 Å². The van der Waals surface area contributed by atoms with E-state index in [1.54, 1.807) is 22.7 Å². The van der Waals surface area contributed by atoms with Gasteiger partial charge in [0.2, 0.25) is 5.91 Å². The lowest BCUT2D eigenvalue weighted by Gasteiger charge is -2.33. The minimum Gasteiger partial charge on any atom is -0.316 e. The number of thiophene rings is 2. The van der Waals surface area contributed by atoms with E-state index in [0.29, 0.717) is 28.2 Å². The fourth-order valence-electron chi connectivity index (χ4n) is 5.29. The summed E-state index contributed by atoms with van der Waals surface area (Å²) in [5.74, 6) is 1.46. The number of carbonyl (C=O) groups excluding carboxylic acids is 1. The lowest BCUT2D eigenvalue weighted by molar-refractivity contribution is -0.113. The van der Waals surface area contributed by atoms with Crippen LogP contribution in [0.15, 0.2) is 40.9 Å². The number of hydrogen-bond acceptors (Lipinski definition) is 7. The van der Waals surface area contributed by atoms with E-state index >= 15 is 0 Å². The lowest BCUT2D eigenvalue weighted by atomic mass is 9.72. The van der Waals surface area contributed by atoms with Crippen molar-refractivity contribution < 1.29 is 4.79 Å². The monoisotopic (exact) mass is 575 g/mol. The summed E-state index contributed by atoms with van der Waals surface area (Å²) in [7, 11) is 0. The van der Waals surface area contributed by atoms with Gasteiger partial charge in [0.1, 0.15) is 11.1 Å². The summed E-state index contributed by atoms with van der Waals surface area (Å²) in [4.78, 5) is 15.5. The molecule has 0 fully saturated rings. The molecule has 4 aromatic rings. The van der Waals surface area contributed by atoms with E-state index in [9.17, 15) is 10.1 Å². The summed E-state index contributed by atoms with van der Waals surface area (Å²) in [6.45, 7) is 11.7. The van der Waals surface area contributed by atoms with Gasteiger partial charge in [-0.3, -0.25) is 4.79 Å². The van der Waals surface area contributed by atoms with Gasteiger partial charge in [0.25, 0.3) is 0 Å². The molecule has 0 saturated carbocycles. The normalized spacial score (nSPS) is 15.1. The highest BCUT2D eigenvalue weighted by Crippen LogP contribution is 2.44. The average molecular weight is 576 g/mol. The van der Waals surface area contributed by atoms with Gasteiger partial charge in [-0.15, -0.1) is 32.9 Å². The molecule has 39 heavy (non-hydrogen) atoms. The van der Waals surface area contributed by atoms with Crippen molar-refractivity contribution in [2.45, 2.75) is 65.6 Å². The zero-order valence-electron chi connectivity index (χ0n) is 23.0. The lowest BCUT2D eigenvalue weighted by Crippen LogP contribution is -2.26. The van der Waals surface area contributed by atoms with Gasteiger partial charge in [-0.05, 0) is 55.6 Å². The second-order valence-corrected chi connectivity index (χ2v) is 14.1. The molecule has 1 aliphatic carbocycles. The van der Waals surface area contributed by atoms with Crippen molar-refractivity contribution in [1.82, 2.24) is 14.8 Å². The highest BCUT2D eigenvalue weighted by Gasteiger charge is 2.32. The van der Waals surface area contributed by atoms with Gasteiger partial charge in [0.15, 0.2) is 11.0 Å². The van der Waals surface area contributed by atoms with Crippen LogP contribution in [0.25, 0.3) is 22.5 Å². The molecule has 0 bridgehead atoms. The number of nitrogens with one attached hydrogen (secondary N) is 1. The van der Waals surface area contributed by atoms with Gasteiger partial charge in [-0.25, -0.2) is 0 Å². The second-order valence-electron chi connectivity index (χ2n) is 11.0. The van der Waals surface area contributed by atoms with Crippen molar-refractivity contribution in [3.05, 3.63) is 56.6 Å². The van der Waals surface area contributed by atoms with Crippen molar-refractivity contribution >= 4 is 45.3 Å². The number of thioether (sulfide) groups is 1. The standard InChI is InChI=1S/C30H33N5OS3/c1-6-35-27(23-16-37-18(2)26(23)19-10-8-7-9-11-19)33-34-29(35)38-17-25(36)32-28-22(15-31)21-13-12-20(30(3,4)5)14-24(21)39-28/h7-11,16,20H,6,12-14,17H2,1-5H3,(H,32,36). The van der Waals surface area contributed by atoms with Crippen LogP contribution in [-0.4, -0.2) is 26.4 Å². The minimum absolute atomic E-state index is 0.133. The Balaban J connectivity index is 1.32. The first kappa shape index (κ1) is 27.6. The number of nitriles is 1. The zero-order chi connectivity index (χ0) is 27.7. The number of fused-ring (bicyclic) bond motifs is 1. The first-order chi connectivity index (χ1) is 18.7. The number of aryl methyl sites for hydroxylation is 1. The number of anilines is 1. The molecule has 0 aliphatic heterocycles. The highest BCUT2D eigenvalue weighted by molar-refractivity contribution is 7.99. The SMILES string of the molecule is CCn1c(SCC(=O)Nc2sc3c(c2C#N)CCC(C(C)(C)C)C3)nnc1-c1csc(C)c1-c1ccccc1. The Morgan fingerprint density at radius 2 is 2.03 bits per heavy atom. The van der Waals surface area contributed by atoms with Crippen LogP contribution in [0.3, 0.4) is 0 Å². The largest absolute Gasteiger partial charge is 0.316 e. The molecule has 0 saturated heterocycles. The Hall–Kier alpha value is -2.93. The van der Waals surface area contributed by atoms with Gasteiger partial charge in [-0.1, -0.05) is 62.9 Å². The Kier molecular flexibility index (Phi) is 7.99. The fourth-order valence-corrected chi connectivity index (χ4v) is 8.25. The summed E-state index contributed by atoms with van der Waals surface area (Å²) >= 11 is 4.66. The van der Waals surface area contributed by atoms with E-state index in [4.69, 9.17) is 0 Å². The highest BCUT2D eigenvalue weighted by atomic mass is 32.2. The molecule has 1 unspecified atom stereocenters. The predicted molar refractivity (Wildman–Crippen MR) is 163 cm³/mol. The Labute approximate surface area is 242 Å². The Morgan fingerprint density at radius 3 is 2.72 bits per heavy atom. The van der Waals surface area contributed by atoms with Gasteiger partial charge in [0.05, 0.1) is 11.3 Å². The third kappa shape index (κ3) is 5.56. The van der Waals surface area contributed by atoms with Crippen LogP contribution in [-0.2, 0) is 24.2 Å². The maximum atomic E-state index is 13.0. The molecule has 3 heterocycles. The first-order valence-electron chi connectivity index (χ1n) is 13.3. The Bertz CT molecular complexity index is 1530. The molecule has 202 valence electrons. The van der Waals surface area contributed by atoms with Crippen molar-refractivity contribution in [3.8, 4) is 28.6 Å². The molecule has 0 radical (unpaired) electrons. The maximum Gasteiger partial charge on any atom is 0.235 e. The minimum atomic E-state index is -0.133. The molecule has 3 aromatic heterocycles. The number of nitrogens with zero attached hydrogens (tertiary/aromatic N) is 4. The van der Waals surface area contributed by atoms with Crippen LogP contribution in [0.1, 0.15) is 55.0 Å². The first-order valence-corrected chi connectivity index (χ1v) is 15.9. The van der Waals surface area contributed by atoms with E-state index in [1.807, 2.05) is 18.2 Å². The quantitative estimate of drug-likeness (QED) is 0.227. The van der Waals surface area contributed by atoms with Crippen molar-refractivity contribution in [3.63, 3.8) is 0 Å². The summed E-state index contributed by atoms with van der Waals surface area (Å²) in [6, 6.07) is 12.7. The fraction of sp³-hybridized carbons (Fsp3) is 0.400. The van der Waals surface area contributed by atoms with E-state index in [2.05, 4.69) is 78.3 Å². The van der Waals surface area contributed by atoms with Gasteiger partial charge >= 0.3 is 0 Å². The van der Waals surface area contributed by atoms with Crippen LogP contribution in [0, 0.1) is 29.6 Å². The van der Waals surface area contributed by atoms with E-state index in [0.717, 1.165) is 41.8 Å². The molecule has 6 nitrogen and oxygen atoms in total. The summed E-state index contributed by atoms with van der Waals surface area (Å²) in [5, 5.41) is 25.4. The number of benzene rings is 1. The number of aromatic nitrogens is 3. The number of amides is 1. The molecule has 5 rings (SSSR count). The molecule has 1 N–H and O–H groups in total. The maximum absolute atomic E-state index is 13.0. The van der Waals surface area contributed by atoms with Crippen molar-refractivity contribution in [1.29, 1.82) is 5.26 Å². The number of carbonyl (C=O) groups is 1. The molecule has 1 aromatic carbocycles. The number of rotatable bonds is 7. The second kappa shape index (κ2) is 11.3. The molecular formula is C30H33N5OS3. The predicted octanol–water partition coefficient (Wildman–Crippen LogP) is 7.82. The average Bonchev–Trinajstić information content (AvgIpc) is 3.60. The van der Waals surface area contributed by atoms with Crippen LogP contribution in [0.2, 0.25) is 0 Å². The Morgan fingerprint density at radius 1 is 1.26 bits per heavy atom. The topological polar surface area (TPSA) is 83.6 Å². The van der Waals surface area contributed by atoms with E-state index < -0.39 is 0 Å². The van der Waals surface area contributed by atoms with Crippen LogP contribution >= 0.6 is 34.4 Å². The van der Waals surface area contributed by atoms with Crippen LogP contribution in [0.4, 0.5) is 5.00 Å². The molecule has 1 amide bonds. The third-order valence-corrected chi connectivity index (χ3v) is 10.5. The van der Waals surface area contributed by atoms with Gasteiger partial charge in [-0.2, -0.15) is 5.26 Å². The molecular weight excluding hydrogens is 543 g/mol. The van der Waals surface area contributed by atoms with E-state index in [-0.39, 0.29) is 17.1 Å². The zero-order valence-corrected chi connectivity index (χ0v) is 25.4. The molecule has 1 aliphatic rings. The smallest absolute Gasteiger partial charge is 0.235 e. The summed E-state index contributed by atoms with van der Waals surface area (Å²) < 4.78 is 2.07. The summed E-state index contributed by atoms with van der Waals surface area (Å²) in [6.07, 6.45) is 2.95. The summed E-state index contributed by atoms with van der Waals surface area (Å²) in [5.41, 5.74) is 5.39. The molecule has 9 heteroatoms. The number of hydrogen-bond donors (Lipinski definition) is 1. The van der Waals surface area contributed by atoms with Gasteiger partial charge in [0, 0.05) is 32.8 Å². The third-order valence-electron chi connectivity index (χ3n) is 7.50. The van der Waals surface area contributed by atoms with Crippen molar-refractivity contribution in [2.24, 2.45) is 11.3 Å².